The first-order valence-electron chi connectivity index (χ1n) is 6.47. The van der Waals surface area contributed by atoms with Crippen LogP contribution < -0.4 is 11.1 Å². The summed E-state index contributed by atoms with van der Waals surface area (Å²) in [5.41, 5.74) is 8.76. The summed E-state index contributed by atoms with van der Waals surface area (Å²) < 4.78 is 1.03. The summed E-state index contributed by atoms with van der Waals surface area (Å²) in [4.78, 5) is 12.0. The number of carbonyl (C=O) groups is 1. The first-order chi connectivity index (χ1) is 9.69. The minimum absolute atomic E-state index is 0.00817. The monoisotopic (exact) mass is 332 g/mol. The molecule has 0 bridgehead atoms. The number of amides is 1. The van der Waals surface area contributed by atoms with Gasteiger partial charge in [0.1, 0.15) is 0 Å². The Balaban J connectivity index is 1.91. The molecule has 104 valence electrons. The van der Waals surface area contributed by atoms with Crippen LogP contribution in [0.1, 0.15) is 16.7 Å². The standard InChI is InChI=1S/C16H17BrN2O/c17-15-7-5-12(6-8-15)11-19-16(20)9-13-3-1-2-4-14(13)10-18/h1-8H,9-11,18H2,(H,19,20). The van der Waals surface area contributed by atoms with Crippen LogP contribution >= 0.6 is 15.9 Å². The van der Waals surface area contributed by atoms with Crippen LogP contribution in [-0.2, 0) is 24.3 Å². The van der Waals surface area contributed by atoms with Gasteiger partial charge in [0.25, 0.3) is 0 Å². The molecule has 0 aliphatic heterocycles. The minimum Gasteiger partial charge on any atom is -0.352 e. The third-order valence-corrected chi connectivity index (χ3v) is 3.62. The van der Waals surface area contributed by atoms with Crippen LogP contribution in [0.3, 0.4) is 0 Å². The van der Waals surface area contributed by atoms with Gasteiger partial charge in [0.15, 0.2) is 0 Å². The maximum absolute atomic E-state index is 12.0. The Morgan fingerprint density at radius 3 is 2.35 bits per heavy atom. The van der Waals surface area contributed by atoms with Crippen LogP contribution in [0.25, 0.3) is 0 Å². The first-order valence-corrected chi connectivity index (χ1v) is 7.26. The zero-order chi connectivity index (χ0) is 14.4. The summed E-state index contributed by atoms with van der Waals surface area (Å²) in [5.74, 6) is 0.00817. The van der Waals surface area contributed by atoms with Crippen molar-refractivity contribution >= 4 is 21.8 Å². The second-order valence-electron chi connectivity index (χ2n) is 4.55. The Labute approximate surface area is 127 Å². The van der Waals surface area contributed by atoms with Gasteiger partial charge in [0.05, 0.1) is 6.42 Å². The van der Waals surface area contributed by atoms with Gasteiger partial charge in [-0.25, -0.2) is 0 Å². The lowest BCUT2D eigenvalue weighted by Crippen LogP contribution is -2.25. The van der Waals surface area contributed by atoms with Crippen LogP contribution in [0, 0.1) is 0 Å². The number of hydrogen-bond acceptors (Lipinski definition) is 2. The Hall–Kier alpha value is -1.65. The largest absolute Gasteiger partial charge is 0.352 e. The molecule has 0 atom stereocenters. The van der Waals surface area contributed by atoms with E-state index >= 15 is 0 Å². The molecule has 0 radical (unpaired) electrons. The summed E-state index contributed by atoms with van der Waals surface area (Å²) in [6.07, 6.45) is 0.365. The minimum atomic E-state index is 0.00817. The topological polar surface area (TPSA) is 55.1 Å². The molecule has 0 aliphatic carbocycles. The number of benzene rings is 2. The molecule has 0 saturated carbocycles. The van der Waals surface area contributed by atoms with Gasteiger partial charge in [-0.2, -0.15) is 0 Å². The van der Waals surface area contributed by atoms with Crippen molar-refractivity contribution in [2.45, 2.75) is 19.5 Å². The van der Waals surface area contributed by atoms with Crippen molar-refractivity contribution in [3.8, 4) is 0 Å². The Morgan fingerprint density at radius 1 is 1.05 bits per heavy atom. The lowest BCUT2D eigenvalue weighted by atomic mass is 10.0. The molecule has 2 rings (SSSR count). The van der Waals surface area contributed by atoms with Gasteiger partial charge in [0, 0.05) is 17.6 Å². The van der Waals surface area contributed by atoms with Crippen molar-refractivity contribution in [2.24, 2.45) is 5.73 Å². The molecule has 0 spiro atoms. The van der Waals surface area contributed by atoms with Gasteiger partial charge in [-0.05, 0) is 28.8 Å². The number of hydrogen-bond donors (Lipinski definition) is 2. The van der Waals surface area contributed by atoms with E-state index in [2.05, 4.69) is 21.2 Å². The zero-order valence-corrected chi connectivity index (χ0v) is 12.7. The van der Waals surface area contributed by atoms with E-state index in [1.165, 1.54) is 0 Å². The van der Waals surface area contributed by atoms with Crippen molar-refractivity contribution in [2.75, 3.05) is 0 Å². The number of nitrogens with one attached hydrogen (secondary N) is 1. The van der Waals surface area contributed by atoms with Crippen molar-refractivity contribution < 1.29 is 4.79 Å². The van der Waals surface area contributed by atoms with Crippen molar-refractivity contribution in [1.29, 1.82) is 0 Å². The predicted octanol–water partition coefficient (Wildman–Crippen LogP) is 2.77. The average Bonchev–Trinajstić information content (AvgIpc) is 2.47. The predicted molar refractivity (Wildman–Crippen MR) is 84.0 cm³/mol. The molecule has 0 aliphatic rings. The van der Waals surface area contributed by atoms with E-state index < -0.39 is 0 Å². The fourth-order valence-corrected chi connectivity index (χ4v) is 2.23. The molecule has 4 heteroatoms. The normalized spacial score (nSPS) is 10.3. The maximum atomic E-state index is 12.0. The number of halogens is 1. The van der Waals surface area contributed by atoms with Gasteiger partial charge in [0.2, 0.25) is 5.91 Å². The number of nitrogens with two attached hydrogens (primary N) is 1. The molecule has 1 amide bonds. The molecule has 0 unspecified atom stereocenters. The highest BCUT2D eigenvalue weighted by Crippen LogP contribution is 2.11. The van der Waals surface area contributed by atoms with E-state index in [9.17, 15) is 4.79 Å². The summed E-state index contributed by atoms with van der Waals surface area (Å²) in [5, 5.41) is 2.92. The van der Waals surface area contributed by atoms with Crippen LogP contribution in [0.4, 0.5) is 0 Å². The summed E-state index contributed by atoms with van der Waals surface area (Å²) in [7, 11) is 0. The number of carbonyl (C=O) groups excluding carboxylic acids is 1. The zero-order valence-electron chi connectivity index (χ0n) is 11.1. The molecule has 0 heterocycles. The third kappa shape index (κ3) is 4.18. The van der Waals surface area contributed by atoms with E-state index in [0.29, 0.717) is 19.5 Å². The lowest BCUT2D eigenvalue weighted by Gasteiger charge is -2.08. The second-order valence-corrected chi connectivity index (χ2v) is 5.47. The van der Waals surface area contributed by atoms with Gasteiger partial charge >= 0.3 is 0 Å². The van der Waals surface area contributed by atoms with Gasteiger partial charge < -0.3 is 11.1 Å². The van der Waals surface area contributed by atoms with Crippen molar-refractivity contribution in [3.05, 3.63) is 69.7 Å². The molecule has 3 nitrogen and oxygen atoms in total. The number of rotatable bonds is 5. The summed E-state index contributed by atoms with van der Waals surface area (Å²) in [6, 6.07) is 15.7. The summed E-state index contributed by atoms with van der Waals surface area (Å²) >= 11 is 3.39. The molecule has 2 aromatic carbocycles. The maximum Gasteiger partial charge on any atom is 0.224 e. The molecule has 20 heavy (non-hydrogen) atoms. The van der Waals surface area contributed by atoms with Crippen molar-refractivity contribution in [3.63, 3.8) is 0 Å². The molecule has 0 saturated heterocycles. The van der Waals surface area contributed by atoms with Gasteiger partial charge in [-0.1, -0.05) is 52.3 Å². The van der Waals surface area contributed by atoms with Gasteiger partial charge in [-0.15, -0.1) is 0 Å². The van der Waals surface area contributed by atoms with E-state index in [4.69, 9.17) is 5.73 Å². The quantitative estimate of drug-likeness (QED) is 0.884. The van der Waals surface area contributed by atoms with E-state index in [1.807, 2.05) is 48.5 Å². The third-order valence-electron chi connectivity index (χ3n) is 3.09. The van der Waals surface area contributed by atoms with Crippen LogP contribution in [-0.4, -0.2) is 5.91 Å². The van der Waals surface area contributed by atoms with Gasteiger partial charge in [-0.3, -0.25) is 4.79 Å². The highest BCUT2D eigenvalue weighted by Gasteiger charge is 2.06. The van der Waals surface area contributed by atoms with Crippen LogP contribution in [0.5, 0.6) is 0 Å². The van der Waals surface area contributed by atoms with E-state index in [0.717, 1.165) is 21.2 Å². The van der Waals surface area contributed by atoms with E-state index in [-0.39, 0.29) is 5.91 Å². The fraction of sp³-hybridized carbons (Fsp3) is 0.188. The second kappa shape index (κ2) is 7.22. The van der Waals surface area contributed by atoms with Crippen LogP contribution in [0.15, 0.2) is 53.0 Å². The fourth-order valence-electron chi connectivity index (χ4n) is 1.97. The molecule has 0 fully saturated rings. The lowest BCUT2D eigenvalue weighted by molar-refractivity contribution is -0.120. The molecule has 2 aromatic rings. The summed E-state index contributed by atoms with van der Waals surface area (Å²) in [6.45, 7) is 0.993. The van der Waals surface area contributed by atoms with Crippen molar-refractivity contribution in [1.82, 2.24) is 5.32 Å². The van der Waals surface area contributed by atoms with E-state index in [1.54, 1.807) is 0 Å². The Morgan fingerprint density at radius 2 is 1.70 bits per heavy atom. The first kappa shape index (κ1) is 14.8. The van der Waals surface area contributed by atoms with Crippen LogP contribution in [0.2, 0.25) is 0 Å². The highest BCUT2D eigenvalue weighted by atomic mass is 79.9. The molecule has 3 N–H and O–H groups in total. The Kier molecular flexibility index (Phi) is 5.32. The molecular formula is C16H17BrN2O. The highest BCUT2D eigenvalue weighted by molar-refractivity contribution is 9.10. The molecular weight excluding hydrogens is 316 g/mol. The molecule has 0 aromatic heterocycles. The SMILES string of the molecule is NCc1ccccc1CC(=O)NCc1ccc(Br)cc1. The smallest absolute Gasteiger partial charge is 0.224 e. The Bertz CT molecular complexity index is 581. The average molecular weight is 333 g/mol.